The van der Waals surface area contributed by atoms with Gasteiger partial charge in [-0.3, -0.25) is 0 Å². The van der Waals surface area contributed by atoms with E-state index in [-0.39, 0.29) is 0 Å². The molecule has 2 aromatic heterocycles. The predicted molar refractivity (Wildman–Crippen MR) is 82.2 cm³/mol. The first-order chi connectivity index (χ1) is 9.04. The Morgan fingerprint density at radius 3 is 2.79 bits per heavy atom. The van der Waals surface area contributed by atoms with Crippen molar-refractivity contribution in [1.82, 2.24) is 10.0 Å². The molecule has 104 valence electrons. The van der Waals surface area contributed by atoms with E-state index in [0.29, 0.717) is 13.1 Å². The average Bonchev–Trinajstić information content (AvgIpc) is 2.97. The van der Waals surface area contributed by atoms with Crippen molar-refractivity contribution in [2.45, 2.75) is 6.54 Å². The first-order valence-corrected chi connectivity index (χ1v) is 9.46. The molecule has 0 atom stereocenters. The molecule has 2 N–H and O–H groups in total. The Balaban J connectivity index is 1.75. The Hall–Kier alpha value is -0.730. The molecule has 0 saturated carbocycles. The molecule has 7 heteroatoms. The molecular formula is C12H16N2O2S3. The topological polar surface area (TPSA) is 58.2 Å². The van der Waals surface area contributed by atoms with Crippen molar-refractivity contribution in [3.63, 3.8) is 0 Å². The summed E-state index contributed by atoms with van der Waals surface area (Å²) in [5, 5.41) is 7.44. The second kappa shape index (κ2) is 6.62. The Morgan fingerprint density at radius 2 is 2.11 bits per heavy atom. The van der Waals surface area contributed by atoms with Gasteiger partial charge < -0.3 is 5.32 Å². The fourth-order valence-corrected chi connectivity index (χ4v) is 3.70. The molecule has 2 rings (SSSR count). The molecule has 0 fully saturated rings. The lowest BCUT2D eigenvalue weighted by molar-refractivity contribution is 0.582. The van der Waals surface area contributed by atoms with Crippen LogP contribution in [0, 0.1) is 0 Å². The molecule has 2 aromatic rings. The lowest BCUT2D eigenvalue weighted by Gasteiger charge is -2.03. The van der Waals surface area contributed by atoms with Crippen molar-refractivity contribution >= 4 is 32.7 Å². The zero-order chi connectivity index (χ0) is 13.7. The lowest BCUT2D eigenvalue weighted by Crippen LogP contribution is -2.30. The van der Waals surface area contributed by atoms with Gasteiger partial charge >= 0.3 is 0 Å². The Kier molecular flexibility index (Phi) is 5.12. The van der Waals surface area contributed by atoms with Gasteiger partial charge in [0.15, 0.2) is 0 Å². The minimum absolute atomic E-state index is 0.419. The second-order valence-corrected chi connectivity index (χ2v) is 7.90. The number of nitrogens with one attached hydrogen (secondary N) is 2. The first-order valence-electron chi connectivity index (χ1n) is 5.81. The predicted octanol–water partition coefficient (Wildman–Crippen LogP) is 2.12. The first kappa shape index (κ1) is 14.7. The summed E-state index contributed by atoms with van der Waals surface area (Å²) < 4.78 is 24.2. The van der Waals surface area contributed by atoms with Crippen LogP contribution in [0.4, 0.5) is 0 Å². The second-order valence-electron chi connectivity index (χ2n) is 4.12. The SMILES string of the molecule is CS(=O)(=O)NCCNCc1cc(-c2cccs2)cs1. The highest BCUT2D eigenvalue weighted by atomic mass is 32.2. The molecule has 2 heterocycles. The maximum absolute atomic E-state index is 10.9. The number of hydrogen-bond acceptors (Lipinski definition) is 5. The molecule has 4 nitrogen and oxygen atoms in total. The van der Waals surface area contributed by atoms with Gasteiger partial charge in [-0.1, -0.05) is 6.07 Å². The molecule has 0 aromatic carbocycles. The van der Waals surface area contributed by atoms with Crippen LogP contribution in [0.2, 0.25) is 0 Å². The van der Waals surface area contributed by atoms with Gasteiger partial charge in [0.05, 0.1) is 6.26 Å². The fourth-order valence-electron chi connectivity index (χ4n) is 1.58. The molecule has 0 aliphatic carbocycles. The summed E-state index contributed by atoms with van der Waals surface area (Å²) in [5.41, 5.74) is 1.26. The Bertz CT molecular complexity index is 603. The molecule has 0 unspecified atom stereocenters. The minimum Gasteiger partial charge on any atom is -0.311 e. The molecule has 0 amide bonds. The van der Waals surface area contributed by atoms with Crippen molar-refractivity contribution in [2.24, 2.45) is 0 Å². The van der Waals surface area contributed by atoms with Gasteiger partial charge in [0.2, 0.25) is 10.0 Å². The third kappa shape index (κ3) is 5.04. The smallest absolute Gasteiger partial charge is 0.208 e. The number of sulfonamides is 1. The van der Waals surface area contributed by atoms with Crippen LogP contribution in [0.3, 0.4) is 0 Å². The maximum atomic E-state index is 10.9. The van der Waals surface area contributed by atoms with E-state index in [1.165, 1.54) is 21.6 Å². The summed E-state index contributed by atoms with van der Waals surface area (Å²) in [5.74, 6) is 0. The van der Waals surface area contributed by atoms with Crippen LogP contribution in [0.1, 0.15) is 4.88 Å². The summed E-state index contributed by atoms with van der Waals surface area (Å²) in [4.78, 5) is 2.53. The Morgan fingerprint density at radius 1 is 1.26 bits per heavy atom. The quantitative estimate of drug-likeness (QED) is 0.769. The van der Waals surface area contributed by atoms with Crippen LogP contribution in [0.5, 0.6) is 0 Å². The van der Waals surface area contributed by atoms with E-state index < -0.39 is 10.0 Å². The average molecular weight is 316 g/mol. The van der Waals surface area contributed by atoms with Crippen LogP contribution in [0.25, 0.3) is 10.4 Å². The van der Waals surface area contributed by atoms with Crippen LogP contribution in [0.15, 0.2) is 29.0 Å². The molecule has 0 radical (unpaired) electrons. The largest absolute Gasteiger partial charge is 0.311 e. The normalized spacial score (nSPS) is 11.8. The molecule has 0 spiro atoms. The van der Waals surface area contributed by atoms with Crippen molar-refractivity contribution in [2.75, 3.05) is 19.3 Å². The number of rotatable bonds is 7. The summed E-state index contributed by atoms with van der Waals surface area (Å²) in [7, 11) is -3.08. The molecule has 0 aliphatic rings. The van der Waals surface area contributed by atoms with Gasteiger partial charge in [0, 0.05) is 35.0 Å². The van der Waals surface area contributed by atoms with Crippen LogP contribution in [-0.4, -0.2) is 27.8 Å². The van der Waals surface area contributed by atoms with E-state index in [2.05, 4.69) is 32.9 Å². The van der Waals surface area contributed by atoms with E-state index in [4.69, 9.17) is 0 Å². The van der Waals surface area contributed by atoms with Crippen molar-refractivity contribution in [3.8, 4) is 10.4 Å². The summed E-state index contributed by atoms with van der Waals surface area (Å²) >= 11 is 3.45. The van der Waals surface area contributed by atoms with Crippen molar-refractivity contribution in [3.05, 3.63) is 33.8 Å². The van der Waals surface area contributed by atoms with Gasteiger partial charge in [0.25, 0.3) is 0 Å². The molecular weight excluding hydrogens is 300 g/mol. The van der Waals surface area contributed by atoms with E-state index in [0.717, 1.165) is 6.54 Å². The third-order valence-corrected chi connectivity index (χ3v) is 5.01. The van der Waals surface area contributed by atoms with E-state index in [1.807, 2.05) is 6.07 Å². The zero-order valence-corrected chi connectivity index (χ0v) is 13.0. The maximum Gasteiger partial charge on any atom is 0.208 e. The zero-order valence-electron chi connectivity index (χ0n) is 10.5. The molecule has 19 heavy (non-hydrogen) atoms. The van der Waals surface area contributed by atoms with E-state index >= 15 is 0 Å². The lowest BCUT2D eigenvalue weighted by atomic mass is 10.2. The molecule has 0 aliphatic heterocycles. The van der Waals surface area contributed by atoms with Gasteiger partial charge in [-0.15, -0.1) is 22.7 Å². The monoisotopic (exact) mass is 316 g/mol. The third-order valence-electron chi connectivity index (χ3n) is 2.42. The fraction of sp³-hybridized carbons (Fsp3) is 0.333. The van der Waals surface area contributed by atoms with E-state index in [1.54, 1.807) is 22.7 Å². The minimum atomic E-state index is -3.08. The number of hydrogen-bond donors (Lipinski definition) is 2. The van der Waals surface area contributed by atoms with Gasteiger partial charge in [-0.2, -0.15) is 0 Å². The van der Waals surface area contributed by atoms with Crippen LogP contribution < -0.4 is 10.0 Å². The summed E-state index contributed by atoms with van der Waals surface area (Å²) in [6.45, 7) is 1.81. The van der Waals surface area contributed by atoms with E-state index in [9.17, 15) is 8.42 Å². The molecule has 0 bridgehead atoms. The van der Waals surface area contributed by atoms with Crippen molar-refractivity contribution in [1.29, 1.82) is 0 Å². The summed E-state index contributed by atoms with van der Waals surface area (Å²) in [6, 6.07) is 6.33. The highest BCUT2D eigenvalue weighted by Crippen LogP contribution is 2.28. The van der Waals surface area contributed by atoms with Crippen LogP contribution >= 0.6 is 22.7 Å². The molecule has 0 saturated heterocycles. The number of thiophene rings is 2. The van der Waals surface area contributed by atoms with Gasteiger partial charge in [-0.05, 0) is 22.9 Å². The standard InChI is InChI=1S/C12H16N2O2S3/c1-19(15,16)14-5-4-13-8-11-7-10(9-18-11)12-3-2-6-17-12/h2-3,6-7,9,13-14H,4-5,8H2,1H3. The van der Waals surface area contributed by atoms with Crippen LogP contribution in [-0.2, 0) is 16.6 Å². The summed E-state index contributed by atoms with van der Waals surface area (Å²) in [6.07, 6.45) is 1.17. The van der Waals surface area contributed by atoms with Gasteiger partial charge in [0.1, 0.15) is 0 Å². The van der Waals surface area contributed by atoms with Crippen molar-refractivity contribution < 1.29 is 8.42 Å². The highest BCUT2D eigenvalue weighted by molar-refractivity contribution is 7.88. The highest BCUT2D eigenvalue weighted by Gasteiger charge is 2.03. The van der Waals surface area contributed by atoms with Gasteiger partial charge in [-0.25, -0.2) is 13.1 Å². The Labute approximate surface area is 121 Å².